The minimum absolute atomic E-state index is 0.0446. The number of amides is 1. The number of halogens is 2. The van der Waals surface area contributed by atoms with Crippen molar-refractivity contribution in [3.63, 3.8) is 0 Å². The molecular weight excluding hydrogens is 262 g/mol. The van der Waals surface area contributed by atoms with Crippen molar-refractivity contribution in [3.8, 4) is 0 Å². The number of fused-ring (bicyclic) bond motifs is 1. The van der Waals surface area contributed by atoms with Crippen molar-refractivity contribution >= 4 is 5.91 Å². The third-order valence-corrected chi connectivity index (χ3v) is 4.60. The molecule has 1 aliphatic heterocycles. The maximum Gasteiger partial charge on any atom is 0.349 e. The second kappa shape index (κ2) is 4.81. The molecule has 0 spiro atoms. The van der Waals surface area contributed by atoms with Gasteiger partial charge in [0.1, 0.15) is 0 Å². The zero-order valence-corrected chi connectivity index (χ0v) is 11.1. The fourth-order valence-electron chi connectivity index (χ4n) is 3.44. The van der Waals surface area contributed by atoms with Crippen molar-refractivity contribution in [1.82, 2.24) is 4.90 Å². The Morgan fingerprint density at radius 1 is 1.20 bits per heavy atom. The summed E-state index contributed by atoms with van der Waals surface area (Å²) in [6.07, 6.45) is 1.87. The Kier molecular flexibility index (Phi) is 3.24. The third kappa shape index (κ3) is 2.10. The van der Waals surface area contributed by atoms with Gasteiger partial charge in [-0.25, -0.2) is 0 Å². The smallest absolute Gasteiger partial charge is 0.337 e. The first kappa shape index (κ1) is 13.5. The van der Waals surface area contributed by atoms with E-state index in [2.05, 4.69) is 0 Å². The van der Waals surface area contributed by atoms with Crippen LogP contribution in [0.4, 0.5) is 8.78 Å². The fraction of sp³-hybridized carbons (Fsp3) is 0.533. The molecule has 2 fully saturated rings. The Morgan fingerprint density at radius 2 is 1.90 bits per heavy atom. The lowest BCUT2D eigenvalue weighted by atomic mass is 9.98. The first-order chi connectivity index (χ1) is 9.50. The van der Waals surface area contributed by atoms with Crippen LogP contribution in [0, 0.1) is 11.8 Å². The van der Waals surface area contributed by atoms with Crippen molar-refractivity contribution in [3.05, 3.63) is 35.9 Å². The summed E-state index contributed by atoms with van der Waals surface area (Å²) in [5, 5.41) is 0. The number of hydrogen-bond donors (Lipinski definition) is 1. The molecular formula is C15H18F2N2O. The number of nitrogens with zero attached hydrogens (tertiary/aromatic N) is 1. The largest absolute Gasteiger partial charge is 0.349 e. The van der Waals surface area contributed by atoms with Crippen molar-refractivity contribution in [2.45, 2.75) is 24.8 Å². The monoisotopic (exact) mass is 280 g/mol. The van der Waals surface area contributed by atoms with Crippen LogP contribution < -0.4 is 5.73 Å². The Bertz CT molecular complexity index is 506. The van der Waals surface area contributed by atoms with Crippen molar-refractivity contribution in [1.29, 1.82) is 0 Å². The summed E-state index contributed by atoms with van der Waals surface area (Å²) in [5.74, 6) is -4.07. The summed E-state index contributed by atoms with van der Waals surface area (Å²) in [4.78, 5) is 13.4. The van der Waals surface area contributed by atoms with Crippen LogP contribution in [-0.2, 0) is 10.7 Å². The van der Waals surface area contributed by atoms with E-state index in [0.29, 0.717) is 19.0 Å². The molecule has 1 aromatic carbocycles. The van der Waals surface area contributed by atoms with Gasteiger partial charge in [0.2, 0.25) is 0 Å². The number of likely N-dealkylation sites (tertiary alicyclic amines) is 1. The summed E-state index contributed by atoms with van der Waals surface area (Å²) >= 11 is 0. The molecule has 3 nitrogen and oxygen atoms in total. The maximum absolute atomic E-state index is 14.3. The standard InChI is InChI=1S/C15H18F2N2O/c16-15(17,11-4-2-1-3-5-11)14(20)19-8-10-6-7-13(18)12(10)9-19/h1-5,10,12-13H,6-9,18H2. The average molecular weight is 280 g/mol. The van der Waals surface area contributed by atoms with E-state index in [-0.39, 0.29) is 17.5 Å². The summed E-state index contributed by atoms with van der Waals surface area (Å²) in [6, 6.07) is 7.32. The summed E-state index contributed by atoms with van der Waals surface area (Å²) in [5.41, 5.74) is 5.73. The lowest BCUT2D eigenvalue weighted by Crippen LogP contribution is -2.42. The molecule has 0 radical (unpaired) electrons. The number of rotatable bonds is 2. The molecule has 1 heterocycles. The summed E-state index contributed by atoms with van der Waals surface area (Å²) in [6.45, 7) is 0.784. The number of carbonyl (C=O) groups is 1. The van der Waals surface area contributed by atoms with E-state index in [1.54, 1.807) is 6.07 Å². The SMILES string of the molecule is NC1CCC2CN(C(=O)C(F)(F)c3ccccc3)CC12. The Hall–Kier alpha value is -1.49. The molecule has 1 aromatic rings. The van der Waals surface area contributed by atoms with Gasteiger partial charge >= 0.3 is 5.92 Å². The van der Waals surface area contributed by atoms with Crippen LogP contribution in [0.2, 0.25) is 0 Å². The van der Waals surface area contributed by atoms with Gasteiger partial charge in [-0.1, -0.05) is 30.3 Å². The highest BCUT2D eigenvalue weighted by molar-refractivity contribution is 5.85. The summed E-state index contributed by atoms with van der Waals surface area (Å²) < 4.78 is 28.5. The van der Waals surface area contributed by atoms with Gasteiger partial charge in [-0.05, 0) is 24.7 Å². The van der Waals surface area contributed by atoms with E-state index >= 15 is 0 Å². The molecule has 0 aromatic heterocycles. The summed E-state index contributed by atoms with van der Waals surface area (Å²) in [7, 11) is 0. The van der Waals surface area contributed by atoms with E-state index in [4.69, 9.17) is 5.73 Å². The number of benzene rings is 1. The second-order valence-electron chi connectivity index (χ2n) is 5.82. The van der Waals surface area contributed by atoms with Crippen molar-refractivity contribution in [2.75, 3.05) is 13.1 Å². The van der Waals surface area contributed by atoms with Crippen LogP contribution in [0.5, 0.6) is 0 Å². The average Bonchev–Trinajstić information content (AvgIpc) is 3.01. The number of alkyl halides is 2. The Morgan fingerprint density at radius 3 is 2.55 bits per heavy atom. The van der Waals surface area contributed by atoms with Crippen LogP contribution in [0.25, 0.3) is 0 Å². The Labute approximate surface area is 116 Å². The molecule has 1 saturated heterocycles. The van der Waals surface area contributed by atoms with E-state index in [9.17, 15) is 13.6 Å². The first-order valence-electron chi connectivity index (χ1n) is 6.98. The van der Waals surface area contributed by atoms with Crippen LogP contribution in [0.3, 0.4) is 0 Å². The van der Waals surface area contributed by atoms with E-state index in [0.717, 1.165) is 12.8 Å². The lowest BCUT2D eigenvalue weighted by Gasteiger charge is -2.24. The van der Waals surface area contributed by atoms with Gasteiger partial charge in [0, 0.05) is 24.7 Å². The molecule has 5 heteroatoms. The van der Waals surface area contributed by atoms with Crippen LogP contribution in [0.1, 0.15) is 18.4 Å². The highest BCUT2D eigenvalue weighted by atomic mass is 19.3. The molecule has 2 aliphatic rings. The molecule has 108 valence electrons. The van der Waals surface area contributed by atoms with Gasteiger partial charge in [-0.2, -0.15) is 8.78 Å². The molecule has 1 aliphatic carbocycles. The normalized spacial score (nSPS) is 29.6. The van der Waals surface area contributed by atoms with Crippen LogP contribution in [-0.4, -0.2) is 29.9 Å². The van der Waals surface area contributed by atoms with Gasteiger partial charge in [-0.3, -0.25) is 4.79 Å². The van der Waals surface area contributed by atoms with Crippen LogP contribution in [0.15, 0.2) is 30.3 Å². The van der Waals surface area contributed by atoms with E-state index in [1.807, 2.05) is 0 Å². The molecule has 1 amide bonds. The van der Waals surface area contributed by atoms with E-state index < -0.39 is 11.8 Å². The fourth-order valence-corrected chi connectivity index (χ4v) is 3.44. The van der Waals surface area contributed by atoms with Gasteiger partial charge in [-0.15, -0.1) is 0 Å². The van der Waals surface area contributed by atoms with Gasteiger partial charge in [0.05, 0.1) is 0 Å². The van der Waals surface area contributed by atoms with Crippen molar-refractivity contribution < 1.29 is 13.6 Å². The number of nitrogens with two attached hydrogens (primary N) is 1. The minimum atomic E-state index is -3.45. The number of carbonyl (C=O) groups excluding carboxylic acids is 1. The Balaban J connectivity index is 1.77. The second-order valence-corrected chi connectivity index (χ2v) is 5.82. The van der Waals surface area contributed by atoms with Gasteiger partial charge < -0.3 is 10.6 Å². The highest BCUT2D eigenvalue weighted by Gasteiger charge is 2.49. The van der Waals surface area contributed by atoms with Gasteiger partial charge in [0.15, 0.2) is 0 Å². The maximum atomic E-state index is 14.3. The predicted molar refractivity (Wildman–Crippen MR) is 71.1 cm³/mol. The lowest BCUT2D eigenvalue weighted by molar-refractivity contribution is -0.158. The molecule has 1 saturated carbocycles. The first-order valence-corrected chi connectivity index (χ1v) is 6.98. The number of hydrogen-bond acceptors (Lipinski definition) is 2. The zero-order chi connectivity index (χ0) is 14.3. The minimum Gasteiger partial charge on any atom is -0.337 e. The molecule has 2 N–H and O–H groups in total. The van der Waals surface area contributed by atoms with E-state index in [1.165, 1.54) is 29.2 Å². The molecule has 3 rings (SSSR count). The molecule has 0 bridgehead atoms. The third-order valence-electron chi connectivity index (χ3n) is 4.60. The molecule has 3 unspecified atom stereocenters. The zero-order valence-electron chi connectivity index (χ0n) is 11.1. The molecule has 3 atom stereocenters. The topological polar surface area (TPSA) is 46.3 Å². The predicted octanol–water partition coefficient (Wildman–Crippen LogP) is 1.97. The van der Waals surface area contributed by atoms with Gasteiger partial charge in [0.25, 0.3) is 5.91 Å². The highest BCUT2D eigenvalue weighted by Crippen LogP contribution is 2.40. The van der Waals surface area contributed by atoms with Crippen LogP contribution >= 0.6 is 0 Å². The quantitative estimate of drug-likeness (QED) is 0.900. The van der Waals surface area contributed by atoms with Crippen molar-refractivity contribution in [2.24, 2.45) is 17.6 Å². The molecule has 20 heavy (non-hydrogen) atoms.